The van der Waals surface area contributed by atoms with Gasteiger partial charge in [0.2, 0.25) is 0 Å². The highest BCUT2D eigenvalue weighted by atomic mass is 16.5. The number of amides is 1. The number of methoxy groups -OCH3 is 1. The predicted octanol–water partition coefficient (Wildman–Crippen LogP) is 1.81. The molecule has 106 valence electrons. The first-order valence-electron chi connectivity index (χ1n) is 6.61. The lowest BCUT2D eigenvalue weighted by Gasteiger charge is -2.21. The monoisotopic (exact) mass is 264 g/mol. The standard InChI is InChI=1S/C15H24N2O2/c1-11(2)14(10-19-4)17-9-12-5-7-13(8-6-12)15(18)16-3/h5-8,11,14,17H,9-10H2,1-4H3,(H,16,18). The molecule has 0 aliphatic heterocycles. The van der Waals surface area contributed by atoms with Crippen molar-refractivity contribution in [2.24, 2.45) is 5.92 Å². The highest BCUT2D eigenvalue weighted by Gasteiger charge is 2.12. The Morgan fingerprint density at radius 1 is 1.26 bits per heavy atom. The molecule has 0 fully saturated rings. The second kappa shape index (κ2) is 7.92. The van der Waals surface area contributed by atoms with Gasteiger partial charge in [0.25, 0.3) is 5.91 Å². The summed E-state index contributed by atoms with van der Waals surface area (Å²) in [4.78, 5) is 11.4. The van der Waals surface area contributed by atoms with Crippen LogP contribution in [0.2, 0.25) is 0 Å². The molecular formula is C15H24N2O2. The van der Waals surface area contributed by atoms with Gasteiger partial charge in [-0.25, -0.2) is 0 Å². The minimum atomic E-state index is -0.0565. The first-order valence-corrected chi connectivity index (χ1v) is 6.61. The fourth-order valence-electron chi connectivity index (χ4n) is 1.83. The number of hydrogen-bond acceptors (Lipinski definition) is 3. The molecule has 0 radical (unpaired) electrons. The average Bonchev–Trinajstić information content (AvgIpc) is 2.42. The SMILES string of the molecule is CNC(=O)c1ccc(CNC(COC)C(C)C)cc1. The van der Waals surface area contributed by atoms with Gasteiger partial charge in [-0.1, -0.05) is 26.0 Å². The Bertz CT molecular complexity index is 388. The Labute approximate surface area is 115 Å². The van der Waals surface area contributed by atoms with Gasteiger partial charge < -0.3 is 15.4 Å². The van der Waals surface area contributed by atoms with E-state index in [1.54, 1.807) is 14.2 Å². The average molecular weight is 264 g/mol. The molecular weight excluding hydrogens is 240 g/mol. The van der Waals surface area contributed by atoms with Crippen LogP contribution in [0.4, 0.5) is 0 Å². The lowest BCUT2D eigenvalue weighted by molar-refractivity contribution is 0.0963. The Morgan fingerprint density at radius 2 is 1.89 bits per heavy atom. The Balaban J connectivity index is 2.55. The summed E-state index contributed by atoms with van der Waals surface area (Å²) >= 11 is 0. The van der Waals surface area contributed by atoms with E-state index in [0.29, 0.717) is 24.1 Å². The van der Waals surface area contributed by atoms with Crippen LogP contribution in [0, 0.1) is 5.92 Å². The largest absolute Gasteiger partial charge is 0.383 e. The zero-order chi connectivity index (χ0) is 14.3. The van der Waals surface area contributed by atoms with E-state index in [1.165, 1.54) is 0 Å². The van der Waals surface area contributed by atoms with Crippen LogP contribution in [0.15, 0.2) is 24.3 Å². The van der Waals surface area contributed by atoms with E-state index >= 15 is 0 Å². The first-order chi connectivity index (χ1) is 9.08. The van der Waals surface area contributed by atoms with Crippen molar-refractivity contribution in [2.75, 3.05) is 20.8 Å². The molecule has 1 aromatic carbocycles. The van der Waals surface area contributed by atoms with Crippen LogP contribution in [-0.4, -0.2) is 32.7 Å². The number of benzene rings is 1. The lowest BCUT2D eigenvalue weighted by atomic mass is 10.0. The van der Waals surface area contributed by atoms with Crippen molar-refractivity contribution in [1.29, 1.82) is 0 Å². The molecule has 2 N–H and O–H groups in total. The molecule has 1 amide bonds. The maximum atomic E-state index is 11.4. The van der Waals surface area contributed by atoms with E-state index in [2.05, 4.69) is 24.5 Å². The maximum Gasteiger partial charge on any atom is 0.251 e. The molecule has 0 spiro atoms. The van der Waals surface area contributed by atoms with Crippen LogP contribution in [0.25, 0.3) is 0 Å². The summed E-state index contributed by atoms with van der Waals surface area (Å²) in [5.41, 5.74) is 1.85. The Kier molecular flexibility index (Phi) is 6.53. The van der Waals surface area contributed by atoms with Crippen molar-refractivity contribution in [3.63, 3.8) is 0 Å². The van der Waals surface area contributed by atoms with E-state index < -0.39 is 0 Å². The highest BCUT2D eigenvalue weighted by molar-refractivity contribution is 5.93. The first kappa shape index (κ1) is 15.7. The summed E-state index contributed by atoms with van der Waals surface area (Å²) in [5.74, 6) is 0.462. The molecule has 19 heavy (non-hydrogen) atoms. The molecule has 1 rings (SSSR count). The molecule has 0 aliphatic carbocycles. The molecule has 0 heterocycles. The second-order valence-corrected chi connectivity index (χ2v) is 4.96. The number of rotatable bonds is 7. The minimum Gasteiger partial charge on any atom is -0.383 e. The molecule has 1 unspecified atom stereocenters. The van der Waals surface area contributed by atoms with Crippen LogP contribution in [0.1, 0.15) is 29.8 Å². The zero-order valence-corrected chi connectivity index (χ0v) is 12.2. The van der Waals surface area contributed by atoms with Gasteiger partial charge >= 0.3 is 0 Å². The fraction of sp³-hybridized carbons (Fsp3) is 0.533. The third-order valence-electron chi connectivity index (χ3n) is 3.16. The second-order valence-electron chi connectivity index (χ2n) is 4.96. The fourth-order valence-corrected chi connectivity index (χ4v) is 1.83. The summed E-state index contributed by atoms with van der Waals surface area (Å²) in [6.45, 7) is 5.82. The predicted molar refractivity (Wildman–Crippen MR) is 77.2 cm³/mol. The molecule has 0 saturated heterocycles. The minimum absolute atomic E-state index is 0.0565. The van der Waals surface area contributed by atoms with Gasteiger partial charge in [0.05, 0.1) is 6.61 Å². The molecule has 0 bridgehead atoms. The van der Waals surface area contributed by atoms with E-state index in [4.69, 9.17) is 4.74 Å². The van der Waals surface area contributed by atoms with Crippen molar-refractivity contribution >= 4 is 5.91 Å². The van der Waals surface area contributed by atoms with Gasteiger partial charge in [-0.3, -0.25) is 4.79 Å². The lowest BCUT2D eigenvalue weighted by Crippen LogP contribution is -2.37. The number of ether oxygens (including phenoxy) is 1. The van der Waals surface area contributed by atoms with Crippen molar-refractivity contribution < 1.29 is 9.53 Å². The van der Waals surface area contributed by atoms with E-state index in [-0.39, 0.29) is 5.91 Å². The van der Waals surface area contributed by atoms with Crippen LogP contribution in [0.5, 0.6) is 0 Å². The van der Waals surface area contributed by atoms with E-state index in [1.807, 2.05) is 24.3 Å². The van der Waals surface area contributed by atoms with Gasteiger partial charge in [0, 0.05) is 32.3 Å². The highest BCUT2D eigenvalue weighted by Crippen LogP contribution is 2.07. The van der Waals surface area contributed by atoms with Gasteiger partial charge in [-0.15, -0.1) is 0 Å². The summed E-state index contributed by atoms with van der Waals surface area (Å²) < 4.78 is 5.20. The topological polar surface area (TPSA) is 50.4 Å². The van der Waals surface area contributed by atoms with Crippen LogP contribution in [0.3, 0.4) is 0 Å². The molecule has 1 atom stereocenters. The Morgan fingerprint density at radius 3 is 2.37 bits per heavy atom. The quantitative estimate of drug-likeness (QED) is 0.789. The van der Waals surface area contributed by atoms with Gasteiger partial charge in [0.1, 0.15) is 0 Å². The number of nitrogens with one attached hydrogen (secondary N) is 2. The number of carbonyl (C=O) groups is 1. The molecule has 4 nitrogen and oxygen atoms in total. The third kappa shape index (κ3) is 5.01. The van der Waals surface area contributed by atoms with Crippen molar-refractivity contribution in [3.05, 3.63) is 35.4 Å². The number of hydrogen-bond donors (Lipinski definition) is 2. The van der Waals surface area contributed by atoms with Crippen molar-refractivity contribution in [2.45, 2.75) is 26.4 Å². The van der Waals surface area contributed by atoms with Crippen molar-refractivity contribution in [3.8, 4) is 0 Å². The van der Waals surface area contributed by atoms with Crippen LogP contribution >= 0.6 is 0 Å². The smallest absolute Gasteiger partial charge is 0.251 e. The summed E-state index contributed by atoms with van der Waals surface area (Å²) in [5, 5.41) is 6.09. The molecule has 4 heteroatoms. The van der Waals surface area contributed by atoms with Crippen molar-refractivity contribution in [1.82, 2.24) is 10.6 Å². The molecule has 1 aromatic rings. The van der Waals surface area contributed by atoms with Crippen LogP contribution < -0.4 is 10.6 Å². The summed E-state index contributed by atoms with van der Waals surface area (Å²) in [6, 6.07) is 7.97. The molecule has 0 aromatic heterocycles. The van der Waals surface area contributed by atoms with E-state index in [9.17, 15) is 4.79 Å². The molecule has 0 saturated carbocycles. The van der Waals surface area contributed by atoms with Gasteiger partial charge in [-0.05, 0) is 23.6 Å². The third-order valence-corrected chi connectivity index (χ3v) is 3.16. The summed E-state index contributed by atoms with van der Waals surface area (Å²) in [7, 11) is 3.35. The number of carbonyl (C=O) groups excluding carboxylic acids is 1. The normalized spacial score (nSPS) is 12.5. The zero-order valence-electron chi connectivity index (χ0n) is 12.2. The Hall–Kier alpha value is -1.39. The maximum absolute atomic E-state index is 11.4. The molecule has 0 aliphatic rings. The van der Waals surface area contributed by atoms with Crippen LogP contribution in [-0.2, 0) is 11.3 Å². The summed E-state index contributed by atoms with van der Waals surface area (Å²) in [6.07, 6.45) is 0. The van der Waals surface area contributed by atoms with Gasteiger partial charge in [-0.2, -0.15) is 0 Å². The van der Waals surface area contributed by atoms with Gasteiger partial charge in [0.15, 0.2) is 0 Å². The van der Waals surface area contributed by atoms with E-state index in [0.717, 1.165) is 12.1 Å².